The van der Waals surface area contributed by atoms with Crippen LogP contribution in [0.4, 0.5) is 5.69 Å². The second-order valence-electron chi connectivity index (χ2n) is 5.58. The molecule has 0 heterocycles. The molecule has 0 radical (unpaired) electrons. The molecular weight excluding hydrogens is 348 g/mol. The van der Waals surface area contributed by atoms with Gasteiger partial charge in [-0.25, -0.2) is 5.01 Å². The molecule has 0 saturated heterocycles. The van der Waals surface area contributed by atoms with Crippen molar-refractivity contribution in [1.82, 2.24) is 5.01 Å². The van der Waals surface area contributed by atoms with Gasteiger partial charge in [-0.05, 0) is 47.5 Å². The first kappa shape index (κ1) is 19.6. The molecule has 27 heavy (non-hydrogen) atoms. The number of nitriles is 1. The molecule has 138 valence electrons. The highest BCUT2D eigenvalue weighted by molar-refractivity contribution is 5.81. The van der Waals surface area contributed by atoms with Crippen molar-refractivity contribution in [2.75, 3.05) is 6.54 Å². The molecule has 0 aliphatic rings. The van der Waals surface area contributed by atoms with Crippen LogP contribution in [0.25, 0.3) is 0 Å². The van der Waals surface area contributed by atoms with Crippen molar-refractivity contribution in [2.24, 2.45) is 5.10 Å². The van der Waals surface area contributed by atoms with E-state index < -0.39 is 4.92 Å². The zero-order valence-electron chi connectivity index (χ0n) is 14.7. The molecule has 0 spiro atoms. The molecule has 0 fully saturated rings. The number of hydrazone groups is 1. The quantitative estimate of drug-likeness (QED) is 0.405. The molecule has 0 unspecified atom stereocenters. The topological polar surface area (TPSA) is 109 Å². The van der Waals surface area contributed by atoms with E-state index in [1.807, 2.05) is 6.07 Å². The fourth-order valence-corrected chi connectivity index (χ4v) is 2.12. The summed E-state index contributed by atoms with van der Waals surface area (Å²) < 4.78 is 5.65. The van der Waals surface area contributed by atoms with Crippen molar-refractivity contribution in [2.45, 2.75) is 20.0 Å². The molecule has 0 aromatic heterocycles. The summed E-state index contributed by atoms with van der Waals surface area (Å²) in [6, 6.07) is 15.3. The zero-order chi connectivity index (χ0) is 19.6. The lowest BCUT2D eigenvalue weighted by Gasteiger charge is -2.12. The highest BCUT2D eigenvalue weighted by Gasteiger charge is 2.06. The largest absolute Gasteiger partial charge is 0.489 e. The van der Waals surface area contributed by atoms with Gasteiger partial charge in [-0.1, -0.05) is 0 Å². The van der Waals surface area contributed by atoms with Crippen LogP contribution in [0.2, 0.25) is 0 Å². The van der Waals surface area contributed by atoms with Crippen LogP contribution in [0, 0.1) is 21.4 Å². The Kier molecular flexibility index (Phi) is 7.02. The zero-order valence-corrected chi connectivity index (χ0v) is 14.7. The Morgan fingerprint density at radius 1 is 1.26 bits per heavy atom. The normalized spacial score (nSPS) is 10.4. The number of nitrogens with zero attached hydrogens (tertiary/aromatic N) is 4. The Balaban J connectivity index is 1.92. The molecule has 0 N–H and O–H groups in total. The smallest absolute Gasteiger partial charge is 0.269 e. The summed E-state index contributed by atoms with van der Waals surface area (Å²) in [5.74, 6) is 0.406. The Morgan fingerprint density at radius 2 is 1.93 bits per heavy atom. The number of ether oxygens (including phenoxy) is 1. The van der Waals surface area contributed by atoms with Gasteiger partial charge in [-0.2, -0.15) is 10.4 Å². The molecule has 0 atom stereocenters. The van der Waals surface area contributed by atoms with Crippen molar-refractivity contribution in [3.63, 3.8) is 0 Å². The Labute approximate surface area is 156 Å². The number of nitro benzene ring substituents is 1. The van der Waals surface area contributed by atoms with E-state index in [4.69, 9.17) is 10.00 Å². The Bertz CT molecular complexity index is 855. The summed E-state index contributed by atoms with van der Waals surface area (Å²) in [6.07, 6.45) is 1.76. The number of hydrogen-bond donors (Lipinski definition) is 0. The third-order valence-corrected chi connectivity index (χ3v) is 3.58. The lowest BCUT2D eigenvalue weighted by Crippen LogP contribution is -2.24. The summed E-state index contributed by atoms with van der Waals surface area (Å²) in [7, 11) is 0. The summed E-state index contributed by atoms with van der Waals surface area (Å²) in [5.41, 5.74) is 1.64. The number of amides is 1. The van der Waals surface area contributed by atoms with Crippen LogP contribution in [0.1, 0.15) is 24.5 Å². The molecule has 0 saturated carbocycles. The average molecular weight is 366 g/mol. The van der Waals surface area contributed by atoms with E-state index in [0.717, 1.165) is 11.1 Å². The second kappa shape index (κ2) is 9.68. The average Bonchev–Trinajstić information content (AvgIpc) is 2.67. The maximum absolute atomic E-state index is 11.4. The van der Waals surface area contributed by atoms with E-state index in [9.17, 15) is 14.9 Å². The highest BCUT2D eigenvalue weighted by atomic mass is 16.6. The van der Waals surface area contributed by atoms with Crippen LogP contribution in [-0.4, -0.2) is 28.6 Å². The number of carbonyl (C=O) groups excluding carboxylic acids is 1. The standard InChI is InChI=1S/C19H18N4O4/c1-15(24)22(12-2-11-20)21-13-16-5-9-19(10-6-16)27-14-17-3-7-18(8-4-17)23(25)26/h3-10,13H,2,12,14H2,1H3. The van der Waals surface area contributed by atoms with Crippen molar-refractivity contribution in [3.8, 4) is 11.8 Å². The van der Waals surface area contributed by atoms with Crippen LogP contribution in [-0.2, 0) is 11.4 Å². The monoisotopic (exact) mass is 366 g/mol. The fourth-order valence-electron chi connectivity index (χ4n) is 2.12. The van der Waals surface area contributed by atoms with Gasteiger partial charge in [0.15, 0.2) is 0 Å². The predicted molar refractivity (Wildman–Crippen MR) is 99.1 cm³/mol. The third-order valence-electron chi connectivity index (χ3n) is 3.58. The number of rotatable bonds is 8. The highest BCUT2D eigenvalue weighted by Crippen LogP contribution is 2.16. The van der Waals surface area contributed by atoms with E-state index in [-0.39, 0.29) is 31.2 Å². The number of carbonyl (C=O) groups is 1. The summed E-state index contributed by atoms with van der Waals surface area (Å²) in [6.45, 7) is 1.93. The first-order valence-corrected chi connectivity index (χ1v) is 8.15. The summed E-state index contributed by atoms with van der Waals surface area (Å²) in [5, 5.41) is 24.6. The van der Waals surface area contributed by atoms with Gasteiger partial charge in [0.25, 0.3) is 5.69 Å². The van der Waals surface area contributed by atoms with Crippen molar-refractivity contribution in [1.29, 1.82) is 5.26 Å². The molecule has 0 aliphatic carbocycles. The number of nitro groups is 1. The predicted octanol–water partition coefficient (Wildman–Crippen LogP) is 3.27. The third kappa shape index (κ3) is 6.25. The fraction of sp³-hybridized carbons (Fsp3) is 0.211. The minimum Gasteiger partial charge on any atom is -0.489 e. The minimum atomic E-state index is -0.446. The van der Waals surface area contributed by atoms with Crippen LogP contribution < -0.4 is 4.74 Å². The van der Waals surface area contributed by atoms with Crippen LogP contribution in [0.3, 0.4) is 0 Å². The molecule has 0 bridgehead atoms. The first-order valence-electron chi connectivity index (χ1n) is 8.15. The van der Waals surface area contributed by atoms with Gasteiger partial charge in [0.2, 0.25) is 5.91 Å². The van der Waals surface area contributed by atoms with Crippen LogP contribution in [0.5, 0.6) is 5.75 Å². The molecular formula is C19H18N4O4. The van der Waals surface area contributed by atoms with Crippen molar-refractivity contribution >= 4 is 17.8 Å². The van der Waals surface area contributed by atoms with Gasteiger partial charge in [0.05, 0.1) is 30.2 Å². The van der Waals surface area contributed by atoms with E-state index in [1.54, 1.807) is 42.6 Å². The molecule has 0 aliphatic heterocycles. The first-order chi connectivity index (χ1) is 13.0. The van der Waals surface area contributed by atoms with Gasteiger partial charge in [0.1, 0.15) is 12.4 Å². The number of non-ortho nitro benzene ring substituents is 1. The van der Waals surface area contributed by atoms with E-state index in [0.29, 0.717) is 5.75 Å². The number of benzene rings is 2. The molecule has 2 rings (SSSR count). The second-order valence-corrected chi connectivity index (χ2v) is 5.58. The number of hydrogen-bond acceptors (Lipinski definition) is 6. The summed E-state index contributed by atoms with van der Waals surface area (Å²) in [4.78, 5) is 21.6. The molecule has 2 aromatic rings. The summed E-state index contributed by atoms with van der Waals surface area (Å²) >= 11 is 0. The van der Waals surface area contributed by atoms with Gasteiger partial charge >= 0.3 is 0 Å². The Hall–Kier alpha value is -3.73. The molecule has 2 aromatic carbocycles. The van der Waals surface area contributed by atoms with Crippen LogP contribution >= 0.6 is 0 Å². The molecule has 8 heteroatoms. The maximum Gasteiger partial charge on any atom is 0.269 e. The van der Waals surface area contributed by atoms with Crippen molar-refractivity contribution < 1.29 is 14.5 Å². The van der Waals surface area contributed by atoms with Gasteiger partial charge in [-0.15, -0.1) is 0 Å². The lowest BCUT2D eigenvalue weighted by atomic mass is 10.2. The maximum atomic E-state index is 11.4. The SMILES string of the molecule is CC(=O)N(CCC#N)N=Cc1ccc(OCc2ccc([N+](=O)[O-])cc2)cc1. The van der Waals surface area contributed by atoms with E-state index >= 15 is 0 Å². The minimum absolute atomic E-state index is 0.0387. The van der Waals surface area contributed by atoms with E-state index in [2.05, 4.69) is 5.10 Å². The van der Waals surface area contributed by atoms with E-state index in [1.165, 1.54) is 24.1 Å². The van der Waals surface area contributed by atoms with Gasteiger partial charge in [-0.3, -0.25) is 14.9 Å². The van der Waals surface area contributed by atoms with Crippen molar-refractivity contribution in [3.05, 3.63) is 69.8 Å². The van der Waals surface area contributed by atoms with Gasteiger partial charge in [0, 0.05) is 19.1 Å². The molecule has 8 nitrogen and oxygen atoms in total. The Morgan fingerprint density at radius 3 is 2.48 bits per heavy atom. The lowest BCUT2D eigenvalue weighted by molar-refractivity contribution is -0.384. The van der Waals surface area contributed by atoms with Gasteiger partial charge < -0.3 is 4.74 Å². The van der Waals surface area contributed by atoms with Crippen LogP contribution in [0.15, 0.2) is 53.6 Å². The molecule has 1 amide bonds.